The molecule has 0 aromatic heterocycles. The van der Waals surface area contributed by atoms with Crippen LogP contribution in [0.25, 0.3) is 5.76 Å². The van der Waals surface area contributed by atoms with Crippen molar-refractivity contribution in [2.75, 3.05) is 19.1 Å². The van der Waals surface area contributed by atoms with Gasteiger partial charge in [-0.2, -0.15) is 0 Å². The van der Waals surface area contributed by atoms with Crippen LogP contribution in [0.5, 0.6) is 11.5 Å². The molecule has 0 saturated carbocycles. The molecule has 3 aromatic rings. The molecule has 1 atom stereocenters. The van der Waals surface area contributed by atoms with Crippen LogP contribution in [0.1, 0.15) is 22.7 Å². The zero-order chi connectivity index (χ0) is 22.8. The number of aliphatic hydroxyl groups excluding tert-OH is 1. The van der Waals surface area contributed by atoms with E-state index in [1.165, 1.54) is 19.1 Å². The first kappa shape index (κ1) is 21.2. The van der Waals surface area contributed by atoms with Gasteiger partial charge in [0.25, 0.3) is 11.7 Å². The van der Waals surface area contributed by atoms with Gasteiger partial charge in [0.2, 0.25) is 0 Å². The monoisotopic (exact) mass is 429 g/mol. The van der Waals surface area contributed by atoms with Crippen LogP contribution < -0.4 is 14.4 Å². The highest BCUT2D eigenvalue weighted by atomic mass is 16.5. The molecule has 1 N–H and O–H groups in total. The van der Waals surface area contributed by atoms with Gasteiger partial charge >= 0.3 is 0 Å². The Morgan fingerprint density at radius 3 is 2.16 bits per heavy atom. The van der Waals surface area contributed by atoms with Gasteiger partial charge in [0, 0.05) is 11.3 Å². The van der Waals surface area contributed by atoms with Crippen molar-refractivity contribution < 1.29 is 24.2 Å². The summed E-state index contributed by atoms with van der Waals surface area (Å²) in [6, 6.07) is 20.4. The first-order valence-corrected chi connectivity index (χ1v) is 10.1. The van der Waals surface area contributed by atoms with Crippen molar-refractivity contribution in [3.05, 3.63) is 95.1 Å². The first-order chi connectivity index (χ1) is 15.5. The summed E-state index contributed by atoms with van der Waals surface area (Å²) in [7, 11) is 3.05. The van der Waals surface area contributed by atoms with Crippen molar-refractivity contribution in [1.29, 1.82) is 0 Å². The maximum Gasteiger partial charge on any atom is 0.300 e. The topological polar surface area (TPSA) is 76.1 Å². The fourth-order valence-corrected chi connectivity index (χ4v) is 3.89. The van der Waals surface area contributed by atoms with Gasteiger partial charge in [-0.1, -0.05) is 54.1 Å². The smallest absolute Gasteiger partial charge is 0.300 e. The van der Waals surface area contributed by atoms with Crippen LogP contribution in [0.3, 0.4) is 0 Å². The number of hydrogen-bond acceptors (Lipinski definition) is 5. The number of aliphatic hydroxyl groups is 1. The van der Waals surface area contributed by atoms with Gasteiger partial charge in [0.15, 0.2) is 11.5 Å². The van der Waals surface area contributed by atoms with Gasteiger partial charge in [-0.25, -0.2) is 0 Å². The molecule has 3 aromatic carbocycles. The number of amides is 1. The zero-order valence-corrected chi connectivity index (χ0v) is 18.0. The van der Waals surface area contributed by atoms with E-state index < -0.39 is 17.7 Å². The molecule has 0 spiro atoms. The number of para-hydroxylation sites is 1. The third-order valence-electron chi connectivity index (χ3n) is 5.53. The van der Waals surface area contributed by atoms with Crippen molar-refractivity contribution in [2.24, 2.45) is 0 Å². The number of ether oxygens (including phenoxy) is 2. The average Bonchev–Trinajstić information content (AvgIpc) is 3.09. The number of Topliss-reactive ketones (excluding diaryl/α,β-unsaturated/α-hetero) is 1. The fourth-order valence-electron chi connectivity index (χ4n) is 3.89. The minimum Gasteiger partial charge on any atom is -0.507 e. The molecule has 32 heavy (non-hydrogen) atoms. The van der Waals surface area contributed by atoms with E-state index in [9.17, 15) is 14.7 Å². The van der Waals surface area contributed by atoms with Crippen molar-refractivity contribution in [1.82, 2.24) is 0 Å². The van der Waals surface area contributed by atoms with Gasteiger partial charge in [0.1, 0.15) is 5.76 Å². The summed E-state index contributed by atoms with van der Waals surface area (Å²) in [6.07, 6.45) is 0. The number of methoxy groups -OCH3 is 2. The highest BCUT2D eigenvalue weighted by Crippen LogP contribution is 2.44. The van der Waals surface area contributed by atoms with E-state index in [4.69, 9.17) is 9.47 Å². The standard InChI is InChI=1S/C26H23NO5/c1-16-9-11-17(12-10-16)24(28)22-23(18-13-14-20(31-2)21(15-18)32-3)27(26(30)25(22)29)19-7-5-4-6-8-19/h4-15,23,28H,1-3H3/t23-/m1/s1. The predicted molar refractivity (Wildman–Crippen MR) is 122 cm³/mol. The summed E-state index contributed by atoms with van der Waals surface area (Å²) in [5, 5.41) is 11.1. The summed E-state index contributed by atoms with van der Waals surface area (Å²) >= 11 is 0. The third-order valence-corrected chi connectivity index (χ3v) is 5.53. The molecule has 6 nitrogen and oxygen atoms in total. The number of carbonyl (C=O) groups excluding carboxylic acids is 2. The lowest BCUT2D eigenvalue weighted by atomic mass is 9.94. The highest BCUT2D eigenvalue weighted by molar-refractivity contribution is 6.51. The van der Waals surface area contributed by atoms with Crippen molar-refractivity contribution in [3.8, 4) is 11.5 Å². The largest absolute Gasteiger partial charge is 0.507 e. The molecule has 1 aliphatic heterocycles. The first-order valence-electron chi connectivity index (χ1n) is 10.1. The molecule has 6 heteroatoms. The lowest BCUT2D eigenvalue weighted by Crippen LogP contribution is -2.29. The second-order valence-electron chi connectivity index (χ2n) is 7.49. The Bertz CT molecular complexity index is 1200. The molecule has 4 rings (SSSR count). The van der Waals surface area contributed by atoms with E-state index in [0.29, 0.717) is 28.3 Å². The van der Waals surface area contributed by atoms with E-state index in [2.05, 4.69) is 0 Å². The lowest BCUT2D eigenvalue weighted by molar-refractivity contribution is -0.132. The Balaban J connectivity index is 1.96. The molecule has 0 radical (unpaired) electrons. The van der Waals surface area contributed by atoms with Crippen LogP contribution in [-0.2, 0) is 9.59 Å². The summed E-state index contributed by atoms with van der Waals surface area (Å²) in [5.41, 5.74) is 2.67. The molecule has 1 amide bonds. The van der Waals surface area contributed by atoms with E-state index in [1.54, 1.807) is 54.6 Å². The van der Waals surface area contributed by atoms with Crippen molar-refractivity contribution >= 4 is 23.1 Å². The van der Waals surface area contributed by atoms with E-state index in [0.717, 1.165) is 5.56 Å². The molecule has 1 aliphatic rings. The predicted octanol–water partition coefficient (Wildman–Crippen LogP) is 4.64. The van der Waals surface area contributed by atoms with Crippen molar-refractivity contribution in [2.45, 2.75) is 13.0 Å². The molecule has 162 valence electrons. The summed E-state index contributed by atoms with van der Waals surface area (Å²) in [4.78, 5) is 27.7. The Morgan fingerprint density at radius 2 is 1.53 bits per heavy atom. The zero-order valence-electron chi connectivity index (χ0n) is 18.0. The third kappa shape index (κ3) is 3.60. The molecule has 1 saturated heterocycles. The molecule has 0 unspecified atom stereocenters. The number of anilines is 1. The Morgan fingerprint density at radius 1 is 0.875 bits per heavy atom. The highest BCUT2D eigenvalue weighted by Gasteiger charge is 2.47. The number of benzene rings is 3. The SMILES string of the molecule is COc1ccc([C@@H]2C(=C(O)c3ccc(C)cc3)C(=O)C(=O)N2c2ccccc2)cc1OC. The van der Waals surface area contributed by atoms with Crippen LogP contribution in [0, 0.1) is 6.92 Å². The van der Waals surface area contributed by atoms with Gasteiger partial charge < -0.3 is 14.6 Å². The van der Waals surface area contributed by atoms with Crippen LogP contribution in [0.15, 0.2) is 78.4 Å². The second kappa shape index (κ2) is 8.59. The maximum atomic E-state index is 13.2. The van der Waals surface area contributed by atoms with Crippen LogP contribution in [0.2, 0.25) is 0 Å². The van der Waals surface area contributed by atoms with Crippen LogP contribution in [-0.4, -0.2) is 31.0 Å². The number of nitrogens with zero attached hydrogens (tertiary/aromatic N) is 1. The number of hydrogen-bond donors (Lipinski definition) is 1. The number of ketones is 1. The summed E-state index contributed by atoms with van der Waals surface area (Å²) < 4.78 is 10.8. The summed E-state index contributed by atoms with van der Waals surface area (Å²) in [5.74, 6) is -0.691. The summed E-state index contributed by atoms with van der Waals surface area (Å²) in [6.45, 7) is 1.93. The van der Waals surface area contributed by atoms with Crippen LogP contribution in [0.4, 0.5) is 5.69 Å². The van der Waals surface area contributed by atoms with E-state index in [1.807, 2.05) is 25.1 Å². The maximum absolute atomic E-state index is 13.2. The molecule has 1 fully saturated rings. The normalized spacial score (nSPS) is 17.5. The molecular formula is C26H23NO5. The Hall–Kier alpha value is -4.06. The van der Waals surface area contributed by atoms with Crippen LogP contribution >= 0.6 is 0 Å². The van der Waals surface area contributed by atoms with E-state index >= 15 is 0 Å². The van der Waals surface area contributed by atoms with Gasteiger partial charge in [-0.05, 0) is 36.8 Å². The molecule has 0 aliphatic carbocycles. The Labute approximate surface area is 186 Å². The molecule has 1 heterocycles. The number of rotatable bonds is 5. The quantitative estimate of drug-likeness (QED) is 0.363. The molecular weight excluding hydrogens is 406 g/mol. The number of aryl methyl sites for hydroxylation is 1. The minimum atomic E-state index is -0.835. The minimum absolute atomic E-state index is 0.0231. The average molecular weight is 429 g/mol. The fraction of sp³-hybridized carbons (Fsp3) is 0.154. The lowest BCUT2D eigenvalue weighted by Gasteiger charge is -2.26. The van der Waals surface area contributed by atoms with E-state index in [-0.39, 0.29) is 11.3 Å². The van der Waals surface area contributed by atoms with Crippen molar-refractivity contribution in [3.63, 3.8) is 0 Å². The Kier molecular flexibility index (Phi) is 5.69. The molecule has 0 bridgehead atoms. The number of carbonyl (C=O) groups is 2. The van der Waals surface area contributed by atoms with Gasteiger partial charge in [-0.15, -0.1) is 0 Å². The van der Waals surface area contributed by atoms with Gasteiger partial charge in [-0.3, -0.25) is 14.5 Å². The second-order valence-corrected chi connectivity index (χ2v) is 7.49. The van der Waals surface area contributed by atoms with Gasteiger partial charge in [0.05, 0.1) is 25.8 Å².